The predicted molar refractivity (Wildman–Crippen MR) is 56.1 cm³/mol. The Balaban J connectivity index is 2.61. The van der Waals surface area contributed by atoms with Gasteiger partial charge in [0, 0.05) is 0 Å². The fraction of sp³-hybridized carbons (Fsp3) is 0.900. The Kier molecular flexibility index (Phi) is 3.70. The second-order valence-electron chi connectivity index (χ2n) is 4.69. The fourth-order valence-corrected chi connectivity index (χ4v) is 1.76. The van der Waals surface area contributed by atoms with Crippen LogP contribution in [-0.2, 0) is 4.79 Å². The molecule has 0 atom stereocenters. The standard InChI is InChI=1S/C10H20N2O3/c1-9(6-13,7-14)12-8(15)10(11)4-2-3-5-10/h13-14H,2-7,11H2,1H3,(H,12,15). The first-order chi connectivity index (χ1) is 6.96. The van der Waals surface area contributed by atoms with Gasteiger partial charge in [-0.1, -0.05) is 12.8 Å². The molecule has 0 radical (unpaired) electrons. The van der Waals surface area contributed by atoms with Crippen LogP contribution in [0.5, 0.6) is 0 Å². The SMILES string of the molecule is CC(CO)(CO)NC(=O)C1(N)CCCC1. The number of carbonyl (C=O) groups excluding carboxylic acids is 1. The molecular weight excluding hydrogens is 196 g/mol. The Labute approximate surface area is 89.7 Å². The first-order valence-corrected chi connectivity index (χ1v) is 5.29. The topological polar surface area (TPSA) is 95.6 Å². The van der Waals surface area contributed by atoms with E-state index in [0.717, 1.165) is 12.8 Å². The third kappa shape index (κ3) is 2.68. The van der Waals surface area contributed by atoms with E-state index in [1.54, 1.807) is 6.92 Å². The maximum Gasteiger partial charge on any atom is 0.240 e. The summed E-state index contributed by atoms with van der Waals surface area (Å²) in [5, 5.41) is 20.7. The highest BCUT2D eigenvalue weighted by atomic mass is 16.3. The number of aliphatic hydroxyl groups excluding tert-OH is 2. The van der Waals surface area contributed by atoms with Gasteiger partial charge in [0.2, 0.25) is 5.91 Å². The van der Waals surface area contributed by atoms with E-state index >= 15 is 0 Å². The number of aliphatic hydroxyl groups is 2. The van der Waals surface area contributed by atoms with Gasteiger partial charge in [0.15, 0.2) is 0 Å². The van der Waals surface area contributed by atoms with Crippen LogP contribution in [0.3, 0.4) is 0 Å². The lowest BCUT2D eigenvalue weighted by Crippen LogP contribution is -2.60. The van der Waals surface area contributed by atoms with E-state index in [9.17, 15) is 4.79 Å². The van der Waals surface area contributed by atoms with Crippen molar-refractivity contribution in [3.8, 4) is 0 Å². The summed E-state index contributed by atoms with van der Waals surface area (Å²) < 4.78 is 0. The van der Waals surface area contributed by atoms with Gasteiger partial charge in [-0.3, -0.25) is 4.79 Å². The molecule has 5 nitrogen and oxygen atoms in total. The molecule has 1 saturated carbocycles. The largest absolute Gasteiger partial charge is 0.394 e. The molecule has 1 aliphatic carbocycles. The van der Waals surface area contributed by atoms with E-state index in [1.165, 1.54) is 0 Å². The lowest BCUT2D eigenvalue weighted by Gasteiger charge is -2.31. The van der Waals surface area contributed by atoms with Crippen molar-refractivity contribution in [3.05, 3.63) is 0 Å². The highest BCUT2D eigenvalue weighted by molar-refractivity contribution is 5.87. The molecule has 0 bridgehead atoms. The van der Waals surface area contributed by atoms with Crippen LogP contribution >= 0.6 is 0 Å². The van der Waals surface area contributed by atoms with Crippen molar-refractivity contribution in [2.75, 3.05) is 13.2 Å². The molecule has 15 heavy (non-hydrogen) atoms. The fourth-order valence-electron chi connectivity index (χ4n) is 1.76. The molecule has 0 spiro atoms. The van der Waals surface area contributed by atoms with Gasteiger partial charge < -0.3 is 21.3 Å². The summed E-state index contributed by atoms with van der Waals surface area (Å²) in [6, 6.07) is 0. The second kappa shape index (κ2) is 4.47. The van der Waals surface area contributed by atoms with Crippen molar-refractivity contribution in [1.82, 2.24) is 5.32 Å². The van der Waals surface area contributed by atoms with Crippen LogP contribution in [0.4, 0.5) is 0 Å². The number of amides is 1. The molecule has 88 valence electrons. The maximum atomic E-state index is 11.8. The minimum absolute atomic E-state index is 0.273. The van der Waals surface area contributed by atoms with Gasteiger partial charge in [-0.15, -0.1) is 0 Å². The van der Waals surface area contributed by atoms with E-state index < -0.39 is 11.1 Å². The Morgan fingerprint density at radius 3 is 2.27 bits per heavy atom. The molecule has 5 N–H and O–H groups in total. The molecule has 0 unspecified atom stereocenters. The third-order valence-corrected chi connectivity index (χ3v) is 3.06. The molecule has 0 saturated heterocycles. The average Bonchev–Trinajstić information content (AvgIpc) is 2.66. The molecule has 0 heterocycles. The molecule has 5 heteroatoms. The Morgan fingerprint density at radius 2 is 1.87 bits per heavy atom. The van der Waals surface area contributed by atoms with Crippen molar-refractivity contribution in [2.24, 2.45) is 5.73 Å². The van der Waals surface area contributed by atoms with Gasteiger partial charge >= 0.3 is 0 Å². The van der Waals surface area contributed by atoms with Crippen molar-refractivity contribution in [1.29, 1.82) is 0 Å². The van der Waals surface area contributed by atoms with E-state index in [1.807, 2.05) is 0 Å². The lowest BCUT2D eigenvalue weighted by molar-refractivity contribution is -0.129. The van der Waals surface area contributed by atoms with Crippen LogP contribution in [-0.4, -0.2) is 40.4 Å². The van der Waals surface area contributed by atoms with Crippen LogP contribution < -0.4 is 11.1 Å². The molecule has 1 fully saturated rings. The summed E-state index contributed by atoms with van der Waals surface area (Å²) >= 11 is 0. The molecule has 1 amide bonds. The van der Waals surface area contributed by atoms with Gasteiger partial charge in [0.1, 0.15) is 0 Å². The van der Waals surface area contributed by atoms with Crippen molar-refractivity contribution in [3.63, 3.8) is 0 Å². The van der Waals surface area contributed by atoms with E-state index in [4.69, 9.17) is 15.9 Å². The normalized spacial score (nSPS) is 20.3. The summed E-state index contributed by atoms with van der Waals surface area (Å²) in [6.45, 7) is 0.986. The number of hydrogen-bond donors (Lipinski definition) is 4. The zero-order chi connectivity index (χ0) is 11.5. The summed E-state index contributed by atoms with van der Waals surface area (Å²) in [6.07, 6.45) is 3.26. The van der Waals surface area contributed by atoms with Crippen molar-refractivity contribution < 1.29 is 15.0 Å². The number of carbonyl (C=O) groups is 1. The molecular formula is C10H20N2O3. The maximum absolute atomic E-state index is 11.8. The van der Waals surface area contributed by atoms with Gasteiger partial charge in [-0.2, -0.15) is 0 Å². The highest BCUT2D eigenvalue weighted by Gasteiger charge is 2.39. The quantitative estimate of drug-likeness (QED) is 0.490. The lowest BCUT2D eigenvalue weighted by atomic mass is 9.95. The molecule has 0 aliphatic heterocycles. The molecule has 0 aromatic carbocycles. The van der Waals surface area contributed by atoms with Crippen molar-refractivity contribution in [2.45, 2.75) is 43.7 Å². The van der Waals surface area contributed by atoms with Gasteiger partial charge in [-0.05, 0) is 19.8 Å². The molecule has 0 aromatic heterocycles. The monoisotopic (exact) mass is 216 g/mol. The first kappa shape index (κ1) is 12.4. The van der Waals surface area contributed by atoms with Gasteiger partial charge in [0.25, 0.3) is 0 Å². The third-order valence-electron chi connectivity index (χ3n) is 3.06. The van der Waals surface area contributed by atoms with Crippen LogP contribution in [0.15, 0.2) is 0 Å². The number of hydrogen-bond acceptors (Lipinski definition) is 4. The summed E-state index contributed by atoms with van der Waals surface area (Å²) in [5.41, 5.74) is 4.15. The summed E-state index contributed by atoms with van der Waals surface area (Å²) in [5.74, 6) is -0.273. The minimum atomic E-state index is -0.980. The highest BCUT2D eigenvalue weighted by Crippen LogP contribution is 2.27. The van der Waals surface area contributed by atoms with E-state index in [-0.39, 0.29) is 19.1 Å². The zero-order valence-corrected chi connectivity index (χ0v) is 9.12. The Morgan fingerprint density at radius 1 is 1.40 bits per heavy atom. The minimum Gasteiger partial charge on any atom is -0.394 e. The molecule has 1 rings (SSSR count). The average molecular weight is 216 g/mol. The van der Waals surface area contributed by atoms with Gasteiger partial charge in [-0.25, -0.2) is 0 Å². The zero-order valence-electron chi connectivity index (χ0n) is 9.12. The van der Waals surface area contributed by atoms with Crippen LogP contribution in [0.2, 0.25) is 0 Å². The second-order valence-corrected chi connectivity index (χ2v) is 4.69. The van der Waals surface area contributed by atoms with Crippen LogP contribution in [0, 0.1) is 0 Å². The molecule has 0 aromatic rings. The van der Waals surface area contributed by atoms with Crippen molar-refractivity contribution >= 4 is 5.91 Å². The number of nitrogens with two attached hydrogens (primary N) is 1. The smallest absolute Gasteiger partial charge is 0.240 e. The van der Waals surface area contributed by atoms with Crippen LogP contribution in [0.1, 0.15) is 32.6 Å². The Bertz CT molecular complexity index is 233. The summed E-state index contributed by atoms with van der Waals surface area (Å²) in [4.78, 5) is 11.8. The first-order valence-electron chi connectivity index (χ1n) is 5.29. The predicted octanol–water partition coefficient (Wildman–Crippen LogP) is -0.883. The van der Waals surface area contributed by atoms with E-state index in [2.05, 4.69) is 5.32 Å². The Hall–Kier alpha value is -0.650. The van der Waals surface area contributed by atoms with Gasteiger partial charge in [0.05, 0.1) is 24.3 Å². The summed E-state index contributed by atoms with van der Waals surface area (Å²) in [7, 11) is 0. The van der Waals surface area contributed by atoms with Crippen LogP contribution in [0.25, 0.3) is 0 Å². The number of rotatable bonds is 4. The van der Waals surface area contributed by atoms with E-state index in [0.29, 0.717) is 12.8 Å². The molecule has 1 aliphatic rings. The number of nitrogens with one attached hydrogen (secondary N) is 1.